The van der Waals surface area contributed by atoms with Gasteiger partial charge in [0.15, 0.2) is 5.96 Å². The number of hydrogen-bond donors (Lipinski definition) is 2. The summed E-state index contributed by atoms with van der Waals surface area (Å²) < 4.78 is 5.90. The highest BCUT2D eigenvalue weighted by Gasteiger charge is 2.32. The topological polar surface area (TPSA) is 66.0 Å². The predicted molar refractivity (Wildman–Crippen MR) is 120 cm³/mol. The van der Waals surface area contributed by atoms with Crippen LogP contribution in [0, 0.1) is 5.92 Å². The third-order valence-electron chi connectivity index (χ3n) is 6.04. The minimum atomic E-state index is 0. The first-order valence-corrected chi connectivity index (χ1v) is 10.6. The zero-order valence-electron chi connectivity index (χ0n) is 16.8. The second-order valence-corrected chi connectivity index (χ2v) is 8.03. The van der Waals surface area contributed by atoms with Crippen LogP contribution in [-0.4, -0.2) is 62.2 Å². The number of hydrogen-bond acceptors (Lipinski definition) is 3. The lowest BCUT2D eigenvalue weighted by molar-refractivity contribution is -0.134. The zero-order valence-corrected chi connectivity index (χ0v) is 19.1. The summed E-state index contributed by atoms with van der Waals surface area (Å²) >= 11 is 0. The lowest BCUT2D eigenvalue weighted by Gasteiger charge is -2.21. The van der Waals surface area contributed by atoms with Crippen LogP contribution in [0.3, 0.4) is 0 Å². The summed E-state index contributed by atoms with van der Waals surface area (Å²) in [6, 6.07) is 0.307. The molecule has 3 fully saturated rings. The first kappa shape index (κ1) is 22.7. The maximum absolute atomic E-state index is 12.5. The maximum Gasteiger partial charge on any atom is 0.225 e. The van der Waals surface area contributed by atoms with Gasteiger partial charge in [-0.3, -0.25) is 9.79 Å². The van der Waals surface area contributed by atoms with Crippen molar-refractivity contribution in [3.63, 3.8) is 0 Å². The fraction of sp³-hybridized carbons (Fsp3) is 0.900. The number of ether oxygens (including phenoxy) is 1. The Morgan fingerprint density at radius 1 is 1.11 bits per heavy atom. The van der Waals surface area contributed by atoms with E-state index in [0.717, 1.165) is 57.9 Å². The van der Waals surface area contributed by atoms with Crippen molar-refractivity contribution >= 4 is 35.8 Å². The van der Waals surface area contributed by atoms with Crippen molar-refractivity contribution in [3.8, 4) is 0 Å². The molecule has 0 radical (unpaired) electrons. The van der Waals surface area contributed by atoms with Gasteiger partial charge in [-0.15, -0.1) is 24.0 Å². The van der Waals surface area contributed by atoms with E-state index < -0.39 is 0 Å². The number of carbonyl (C=O) groups excluding carboxylic acids is 1. The van der Waals surface area contributed by atoms with Gasteiger partial charge in [0, 0.05) is 45.2 Å². The van der Waals surface area contributed by atoms with Crippen LogP contribution in [0.5, 0.6) is 0 Å². The van der Waals surface area contributed by atoms with Crippen LogP contribution < -0.4 is 10.6 Å². The lowest BCUT2D eigenvalue weighted by Crippen LogP contribution is -2.45. The third kappa shape index (κ3) is 7.07. The molecule has 1 amide bonds. The minimum Gasteiger partial charge on any atom is -0.378 e. The standard InChI is InChI=1S/C20H36N4O2.HI/c1-21-20(22-12-6-14-26-18-9-4-5-10-18)23-17-11-13-24(15-17)19(25)16-7-2-3-8-16;/h16-18H,2-15H2,1H3,(H2,21,22,23);1H. The van der Waals surface area contributed by atoms with Crippen LogP contribution in [0.4, 0.5) is 0 Å². The molecule has 1 heterocycles. The zero-order chi connectivity index (χ0) is 18.2. The molecule has 1 atom stereocenters. The molecule has 0 spiro atoms. The number of likely N-dealkylation sites (tertiary alicyclic amines) is 1. The van der Waals surface area contributed by atoms with Crippen LogP contribution in [0.1, 0.15) is 64.2 Å². The molecular weight excluding hydrogens is 455 g/mol. The van der Waals surface area contributed by atoms with Crippen LogP contribution in [0.2, 0.25) is 0 Å². The summed E-state index contributed by atoms with van der Waals surface area (Å²) in [6.45, 7) is 3.37. The average molecular weight is 492 g/mol. The van der Waals surface area contributed by atoms with Gasteiger partial charge in [0.2, 0.25) is 5.91 Å². The molecule has 1 saturated heterocycles. The number of nitrogens with one attached hydrogen (secondary N) is 2. The van der Waals surface area contributed by atoms with Crippen molar-refractivity contribution < 1.29 is 9.53 Å². The van der Waals surface area contributed by atoms with E-state index in [1.807, 2.05) is 0 Å². The Bertz CT molecular complexity index is 477. The monoisotopic (exact) mass is 492 g/mol. The Morgan fingerprint density at radius 3 is 2.52 bits per heavy atom. The van der Waals surface area contributed by atoms with Gasteiger partial charge >= 0.3 is 0 Å². The molecule has 2 saturated carbocycles. The lowest BCUT2D eigenvalue weighted by atomic mass is 10.1. The van der Waals surface area contributed by atoms with E-state index in [0.29, 0.717) is 18.1 Å². The van der Waals surface area contributed by atoms with Gasteiger partial charge in [-0.05, 0) is 38.5 Å². The van der Waals surface area contributed by atoms with Gasteiger partial charge in [0.05, 0.1) is 6.10 Å². The molecule has 2 aliphatic carbocycles. The number of carbonyl (C=O) groups is 1. The number of nitrogens with zero attached hydrogens (tertiary/aromatic N) is 2. The fourth-order valence-corrected chi connectivity index (χ4v) is 4.48. The molecule has 3 aliphatic rings. The Balaban J connectivity index is 0.00000261. The van der Waals surface area contributed by atoms with E-state index in [9.17, 15) is 4.79 Å². The number of rotatable bonds is 7. The maximum atomic E-state index is 12.5. The summed E-state index contributed by atoms with van der Waals surface area (Å²) in [5.41, 5.74) is 0. The van der Waals surface area contributed by atoms with Crippen molar-refractivity contribution in [1.82, 2.24) is 15.5 Å². The molecule has 6 nitrogen and oxygen atoms in total. The molecule has 27 heavy (non-hydrogen) atoms. The highest BCUT2D eigenvalue weighted by molar-refractivity contribution is 14.0. The van der Waals surface area contributed by atoms with Gasteiger partial charge in [-0.2, -0.15) is 0 Å². The van der Waals surface area contributed by atoms with Crippen LogP contribution in [-0.2, 0) is 9.53 Å². The summed E-state index contributed by atoms with van der Waals surface area (Å²) in [5.74, 6) is 1.50. The SMILES string of the molecule is CN=C(NCCCOC1CCCC1)NC1CCN(C(=O)C2CCCC2)C1.I. The normalized spacial score (nSPS) is 24.3. The fourth-order valence-electron chi connectivity index (χ4n) is 4.48. The quantitative estimate of drug-likeness (QED) is 0.248. The Kier molecular flexibility index (Phi) is 10.2. The summed E-state index contributed by atoms with van der Waals surface area (Å²) in [7, 11) is 1.81. The summed E-state index contributed by atoms with van der Waals surface area (Å²) in [6.07, 6.45) is 12.2. The minimum absolute atomic E-state index is 0. The molecule has 2 N–H and O–H groups in total. The second-order valence-electron chi connectivity index (χ2n) is 8.03. The van der Waals surface area contributed by atoms with E-state index in [-0.39, 0.29) is 29.9 Å². The van der Waals surface area contributed by atoms with E-state index in [1.165, 1.54) is 38.5 Å². The molecule has 0 aromatic rings. The van der Waals surface area contributed by atoms with E-state index in [4.69, 9.17) is 4.74 Å². The largest absolute Gasteiger partial charge is 0.378 e. The Labute approximate surface area is 181 Å². The Hall–Kier alpha value is -0.570. The molecule has 7 heteroatoms. The van der Waals surface area contributed by atoms with Crippen LogP contribution in [0.15, 0.2) is 4.99 Å². The molecule has 156 valence electrons. The summed E-state index contributed by atoms with van der Waals surface area (Å²) in [4.78, 5) is 18.9. The van der Waals surface area contributed by atoms with Gasteiger partial charge in [-0.25, -0.2) is 0 Å². The van der Waals surface area contributed by atoms with Gasteiger partial charge in [-0.1, -0.05) is 25.7 Å². The number of guanidine groups is 1. The highest BCUT2D eigenvalue weighted by atomic mass is 127. The number of aliphatic imine (C=N–C) groups is 1. The van der Waals surface area contributed by atoms with Gasteiger partial charge in [0.1, 0.15) is 0 Å². The van der Waals surface area contributed by atoms with Crippen LogP contribution >= 0.6 is 24.0 Å². The van der Waals surface area contributed by atoms with Gasteiger partial charge < -0.3 is 20.3 Å². The van der Waals surface area contributed by atoms with E-state index >= 15 is 0 Å². The third-order valence-corrected chi connectivity index (χ3v) is 6.04. The van der Waals surface area contributed by atoms with Crippen molar-refractivity contribution in [3.05, 3.63) is 0 Å². The average Bonchev–Trinajstić information content (AvgIpc) is 3.42. The first-order valence-electron chi connectivity index (χ1n) is 10.6. The summed E-state index contributed by atoms with van der Waals surface area (Å²) in [5, 5.41) is 6.85. The number of halogens is 1. The van der Waals surface area contributed by atoms with E-state index in [2.05, 4.69) is 20.5 Å². The van der Waals surface area contributed by atoms with Crippen molar-refractivity contribution in [2.45, 2.75) is 76.4 Å². The molecule has 0 aromatic heterocycles. The molecular formula is C20H37IN4O2. The van der Waals surface area contributed by atoms with Crippen molar-refractivity contribution in [2.24, 2.45) is 10.9 Å². The molecule has 3 rings (SSSR count). The number of amides is 1. The molecule has 0 bridgehead atoms. The second kappa shape index (κ2) is 12.1. The first-order chi connectivity index (χ1) is 12.8. The Morgan fingerprint density at radius 2 is 1.81 bits per heavy atom. The molecule has 0 aromatic carbocycles. The smallest absolute Gasteiger partial charge is 0.225 e. The highest BCUT2D eigenvalue weighted by Crippen LogP contribution is 2.27. The molecule has 1 aliphatic heterocycles. The predicted octanol–water partition coefficient (Wildman–Crippen LogP) is 2.91. The van der Waals surface area contributed by atoms with Crippen molar-refractivity contribution in [2.75, 3.05) is 33.3 Å². The van der Waals surface area contributed by atoms with Crippen molar-refractivity contribution in [1.29, 1.82) is 0 Å². The van der Waals surface area contributed by atoms with E-state index in [1.54, 1.807) is 7.05 Å². The molecule has 1 unspecified atom stereocenters. The van der Waals surface area contributed by atoms with Crippen LogP contribution in [0.25, 0.3) is 0 Å². The van der Waals surface area contributed by atoms with Gasteiger partial charge in [0.25, 0.3) is 0 Å².